The summed E-state index contributed by atoms with van der Waals surface area (Å²) in [6.45, 7) is 0.726. The van der Waals surface area contributed by atoms with Crippen molar-refractivity contribution in [2.24, 2.45) is 5.73 Å². The number of benzene rings is 1. The van der Waals surface area contributed by atoms with Crippen molar-refractivity contribution in [1.29, 1.82) is 0 Å². The quantitative estimate of drug-likeness (QED) is 0.828. The molecule has 80 valence electrons. The third kappa shape index (κ3) is 2.04. The molecule has 0 aromatic heterocycles. The van der Waals surface area contributed by atoms with Crippen LogP contribution in [0.5, 0.6) is 5.75 Å². The second-order valence-corrected chi connectivity index (χ2v) is 4.03. The number of fused-ring (bicyclic) bond motifs is 1. The molecule has 0 atom stereocenters. The van der Waals surface area contributed by atoms with E-state index >= 15 is 0 Å². The average Bonchev–Trinajstić information content (AvgIpc) is 2.27. The number of carbonyl (C=O) groups is 1. The SMILES string of the molecule is NCC(=O)c1cc2c(cc1Br)COCO2. The van der Waals surface area contributed by atoms with Crippen molar-refractivity contribution in [3.63, 3.8) is 0 Å². The van der Waals surface area contributed by atoms with Crippen LogP contribution < -0.4 is 10.5 Å². The Hall–Kier alpha value is -0.910. The number of rotatable bonds is 2. The molecule has 0 fully saturated rings. The Morgan fingerprint density at radius 1 is 1.53 bits per heavy atom. The Morgan fingerprint density at radius 3 is 3.07 bits per heavy atom. The zero-order chi connectivity index (χ0) is 10.8. The first kappa shape index (κ1) is 10.6. The van der Waals surface area contributed by atoms with Crippen LogP contribution in [-0.2, 0) is 11.3 Å². The summed E-state index contributed by atoms with van der Waals surface area (Å²) in [6.07, 6.45) is 0. The molecule has 0 radical (unpaired) electrons. The fraction of sp³-hybridized carbons (Fsp3) is 0.300. The minimum absolute atomic E-state index is 0.00606. The van der Waals surface area contributed by atoms with Crippen LogP contribution in [-0.4, -0.2) is 19.1 Å². The van der Waals surface area contributed by atoms with Crippen LogP contribution in [0.1, 0.15) is 15.9 Å². The number of nitrogens with two attached hydrogens (primary N) is 1. The molecule has 0 amide bonds. The second-order valence-electron chi connectivity index (χ2n) is 3.18. The highest BCUT2D eigenvalue weighted by Crippen LogP contribution is 2.30. The van der Waals surface area contributed by atoms with Gasteiger partial charge in [-0.15, -0.1) is 0 Å². The van der Waals surface area contributed by atoms with E-state index < -0.39 is 0 Å². The minimum atomic E-state index is -0.111. The predicted molar refractivity (Wildman–Crippen MR) is 57.8 cm³/mol. The molecule has 0 saturated carbocycles. The summed E-state index contributed by atoms with van der Waals surface area (Å²) in [6, 6.07) is 3.54. The summed E-state index contributed by atoms with van der Waals surface area (Å²) in [7, 11) is 0. The molecule has 4 nitrogen and oxygen atoms in total. The number of halogens is 1. The monoisotopic (exact) mass is 271 g/mol. The van der Waals surface area contributed by atoms with E-state index in [-0.39, 0.29) is 19.1 Å². The summed E-state index contributed by atoms with van der Waals surface area (Å²) in [5, 5.41) is 0. The maximum atomic E-state index is 11.5. The second kappa shape index (κ2) is 4.30. The van der Waals surface area contributed by atoms with Crippen LogP contribution in [0.4, 0.5) is 0 Å². The molecule has 1 aliphatic heterocycles. The lowest BCUT2D eigenvalue weighted by Gasteiger charge is -2.18. The first-order valence-corrected chi connectivity index (χ1v) is 5.28. The molecule has 0 saturated heterocycles. The van der Waals surface area contributed by atoms with Crippen LogP contribution in [0.3, 0.4) is 0 Å². The molecular weight excluding hydrogens is 262 g/mol. The summed E-state index contributed by atoms with van der Waals surface area (Å²) in [4.78, 5) is 11.5. The molecule has 1 aromatic carbocycles. The number of ketones is 1. The summed E-state index contributed by atoms with van der Waals surface area (Å²) >= 11 is 3.33. The lowest BCUT2D eigenvalue weighted by atomic mass is 10.1. The van der Waals surface area contributed by atoms with Gasteiger partial charge in [0.05, 0.1) is 13.2 Å². The molecular formula is C10H10BrNO3. The highest BCUT2D eigenvalue weighted by atomic mass is 79.9. The van der Waals surface area contributed by atoms with Crippen molar-refractivity contribution in [2.45, 2.75) is 6.61 Å². The Kier molecular flexibility index (Phi) is 3.04. The summed E-state index contributed by atoms with van der Waals surface area (Å²) in [5.41, 5.74) is 6.80. The number of carbonyl (C=O) groups excluding carboxylic acids is 1. The third-order valence-corrected chi connectivity index (χ3v) is 2.85. The van der Waals surface area contributed by atoms with Crippen LogP contribution in [0.2, 0.25) is 0 Å². The lowest BCUT2D eigenvalue weighted by Crippen LogP contribution is -2.16. The molecule has 2 N–H and O–H groups in total. The van der Waals surface area contributed by atoms with E-state index in [1.54, 1.807) is 6.07 Å². The number of hydrogen-bond donors (Lipinski definition) is 1. The molecule has 0 bridgehead atoms. The van der Waals surface area contributed by atoms with E-state index in [4.69, 9.17) is 15.2 Å². The topological polar surface area (TPSA) is 61.6 Å². The van der Waals surface area contributed by atoms with Gasteiger partial charge in [0, 0.05) is 15.6 Å². The van der Waals surface area contributed by atoms with Crippen molar-refractivity contribution in [3.8, 4) is 5.75 Å². The molecule has 1 heterocycles. The Bertz CT molecular complexity index is 406. The number of Topliss-reactive ketones (excluding diaryl/α,β-unsaturated/α-hetero) is 1. The Labute approximate surface area is 95.5 Å². The van der Waals surface area contributed by atoms with Gasteiger partial charge in [-0.05, 0) is 12.1 Å². The van der Waals surface area contributed by atoms with Gasteiger partial charge in [-0.25, -0.2) is 0 Å². The van der Waals surface area contributed by atoms with Crippen molar-refractivity contribution in [1.82, 2.24) is 0 Å². The largest absolute Gasteiger partial charge is 0.467 e. The van der Waals surface area contributed by atoms with Gasteiger partial charge in [0.25, 0.3) is 0 Å². The molecule has 0 aliphatic carbocycles. The van der Waals surface area contributed by atoms with Gasteiger partial charge < -0.3 is 15.2 Å². The highest BCUT2D eigenvalue weighted by molar-refractivity contribution is 9.10. The van der Waals surface area contributed by atoms with Crippen LogP contribution in [0.15, 0.2) is 16.6 Å². The zero-order valence-electron chi connectivity index (χ0n) is 7.96. The van der Waals surface area contributed by atoms with E-state index in [2.05, 4.69) is 15.9 Å². The standard InChI is InChI=1S/C10H10BrNO3/c11-8-1-6-4-14-5-15-10(6)2-7(8)9(13)3-12/h1-2H,3-5,12H2. The van der Waals surface area contributed by atoms with Crippen molar-refractivity contribution in [2.75, 3.05) is 13.3 Å². The Morgan fingerprint density at radius 2 is 2.33 bits per heavy atom. The normalized spacial score (nSPS) is 14.3. The van der Waals surface area contributed by atoms with Gasteiger partial charge >= 0.3 is 0 Å². The first-order chi connectivity index (χ1) is 7.22. The van der Waals surface area contributed by atoms with Gasteiger partial charge in [0.1, 0.15) is 5.75 Å². The molecule has 0 unspecified atom stereocenters. The summed E-state index contributed by atoms with van der Waals surface area (Å²) < 4.78 is 11.1. The number of hydrogen-bond acceptors (Lipinski definition) is 4. The fourth-order valence-electron chi connectivity index (χ4n) is 1.42. The molecule has 0 spiro atoms. The van der Waals surface area contributed by atoms with E-state index in [1.807, 2.05) is 6.07 Å². The molecule has 1 aliphatic rings. The maximum absolute atomic E-state index is 11.5. The molecule has 2 rings (SSSR count). The van der Waals surface area contributed by atoms with Crippen molar-refractivity contribution in [3.05, 3.63) is 27.7 Å². The highest BCUT2D eigenvalue weighted by Gasteiger charge is 2.16. The summed E-state index contributed by atoms with van der Waals surface area (Å²) in [5.74, 6) is 0.584. The third-order valence-electron chi connectivity index (χ3n) is 2.19. The van der Waals surface area contributed by atoms with E-state index in [1.165, 1.54) is 0 Å². The van der Waals surface area contributed by atoms with E-state index in [0.29, 0.717) is 17.9 Å². The fourth-order valence-corrected chi connectivity index (χ4v) is 2.03. The minimum Gasteiger partial charge on any atom is -0.467 e. The van der Waals surface area contributed by atoms with Gasteiger partial charge in [-0.2, -0.15) is 0 Å². The van der Waals surface area contributed by atoms with Crippen molar-refractivity contribution >= 4 is 21.7 Å². The first-order valence-electron chi connectivity index (χ1n) is 4.48. The average molecular weight is 272 g/mol. The van der Waals surface area contributed by atoms with Gasteiger partial charge in [-0.1, -0.05) is 15.9 Å². The van der Waals surface area contributed by atoms with Crippen LogP contribution >= 0.6 is 15.9 Å². The van der Waals surface area contributed by atoms with Crippen LogP contribution in [0, 0.1) is 0 Å². The smallest absolute Gasteiger partial charge is 0.189 e. The maximum Gasteiger partial charge on any atom is 0.189 e. The molecule has 1 aromatic rings. The van der Waals surface area contributed by atoms with Gasteiger partial charge in [-0.3, -0.25) is 4.79 Å². The lowest BCUT2D eigenvalue weighted by molar-refractivity contribution is -0.0164. The predicted octanol–water partition coefficient (Wildman–Crippen LogP) is 1.46. The van der Waals surface area contributed by atoms with E-state index in [9.17, 15) is 4.79 Å². The number of ether oxygens (including phenoxy) is 2. The Balaban J connectivity index is 2.44. The molecule has 5 heteroatoms. The van der Waals surface area contributed by atoms with Crippen molar-refractivity contribution < 1.29 is 14.3 Å². The van der Waals surface area contributed by atoms with Crippen LogP contribution in [0.25, 0.3) is 0 Å². The van der Waals surface area contributed by atoms with Gasteiger partial charge in [0.15, 0.2) is 12.6 Å². The zero-order valence-corrected chi connectivity index (χ0v) is 9.54. The van der Waals surface area contributed by atoms with Gasteiger partial charge in [0.2, 0.25) is 0 Å². The van der Waals surface area contributed by atoms with E-state index in [0.717, 1.165) is 10.0 Å². The molecule has 15 heavy (non-hydrogen) atoms.